The van der Waals surface area contributed by atoms with Crippen molar-refractivity contribution in [2.45, 2.75) is 52.4 Å². The Hall–Kier alpha value is -3.67. The molecule has 39 heavy (non-hydrogen) atoms. The number of unbranched alkanes of at least 4 members (excludes halogenated alkanes) is 2. The maximum atomic E-state index is 4.81. The Bertz CT molecular complexity index is 1380. The third kappa shape index (κ3) is 7.25. The summed E-state index contributed by atoms with van der Waals surface area (Å²) in [7, 11) is 0. The quantitative estimate of drug-likeness (QED) is 0.144. The first-order chi connectivity index (χ1) is 18.7. The minimum atomic E-state index is 0. The minimum absolute atomic E-state index is 0. The predicted molar refractivity (Wildman–Crippen MR) is 151 cm³/mol. The Morgan fingerprint density at radius 2 is 1.28 bits per heavy atom. The number of aryl methyl sites for hydroxylation is 2. The van der Waals surface area contributed by atoms with E-state index in [1.54, 1.807) is 6.20 Å². The second-order valence-corrected chi connectivity index (χ2v) is 9.31. The molecule has 0 N–H and O–H groups in total. The van der Waals surface area contributed by atoms with Crippen LogP contribution in [0.15, 0.2) is 79.3 Å². The molecular formula is C32H31IrN6-. The van der Waals surface area contributed by atoms with Crippen LogP contribution in [0.4, 0.5) is 0 Å². The molecule has 0 atom stereocenters. The van der Waals surface area contributed by atoms with Gasteiger partial charge in [-0.2, -0.15) is 0 Å². The van der Waals surface area contributed by atoms with Crippen molar-refractivity contribution in [3.63, 3.8) is 0 Å². The zero-order valence-electron chi connectivity index (χ0n) is 22.3. The fraction of sp³-hybridized carbons (Fsp3) is 0.250. The maximum absolute atomic E-state index is 4.81. The molecule has 4 heterocycles. The van der Waals surface area contributed by atoms with Crippen LogP contribution in [0.5, 0.6) is 0 Å². The number of benzene rings is 1. The Morgan fingerprint density at radius 3 is 1.87 bits per heavy atom. The zero-order chi connectivity index (χ0) is 26.2. The van der Waals surface area contributed by atoms with Crippen molar-refractivity contribution in [2.24, 2.45) is 0 Å². The van der Waals surface area contributed by atoms with E-state index in [-0.39, 0.29) is 20.1 Å². The standard InChI is InChI=1S/C32H31N6.Ir/c1-3-5-10-23-14-18-29(34-20-23)32-37-30(25-15-17-27(33-21-25)13-6-4-2)36-31(38-32)26-16-19-28(35-22-26)24-11-8-7-9-12-24;/h7-9,11,14-22H,3-6,10,13H2,1-2H3;/q-1;. The van der Waals surface area contributed by atoms with Gasteiger partial charge in [-0.3, -0.25) is 9.97 Å². The fourth-order valence-corrected chi connectivity index (χ4v) is 4.13. The van der Waals surface area contributed by atoms with Gasteiger partial charge in [0.25, 0.3) is 0 Å². The average Bonchev–Trinajstić information content (AvgIpc) is 3.00. The summed E-state index contributed by atoms with van der Waals surface area (Å²) < 4.78 is 0. The smallest absolute Gasteiger partial charge is 0.182 e. The molecule has 7 heteroatoms. The van der Waals surface area contributed by atoms with Gasteiger partial charge in [0.1, 0.15) is 5.69 Å². The fourth-order valence-electron chi connectivity index (χ4n) is 4.13. The van der Waals surface area contributed by atoms with Crippen LogP contribution in [-0.4, -0.2) is 29.9 Å². The van der Waals surface area contributed by atoms with E-state index in [2.05, 4.69) is 47.0 Å². The van der Waals surface area contributed by atoms with Gasteiger partial charge in [-0.05, 0) is 55.1 Å². The summed E-state index contributed by atoms with van der Waals surface area (Å²) in [6.45, 7) is 4.38. The molecule has 5 rings (SSSR count). The van der Waals surface area contributed by atoms with E-state index in [0.717, 1.165) is 66.6 Å². The molecule has 0 aliphatic heterocycles. The van der Waals surface area contributed by atoms with Gasteiger partial charge in [-0.15, -0.1) is 35.9 Å². The van der Waals surface area contributed by atoms with Crippen LogP contribution in [0.1, 0.15) is 50.8 Å². The number of aromatic nitrogens is 6. The summed E-state index contributed by atoms with van der Waals surface area (Å²) in [6.07, 6.45) is 12.1. The first-order valence-corrected chi connectivity index (χ1v) is 13.3. The third-order valence-corrected chi connectivity index (χ3v) is 6.38. The van der Waals surface area contributed by atoms with Crippen LogP contribution in [0.25, 0.3) is 45.6 Å². The molecule has 0 unspecified atom stereocenters. The molecule has 0 amide bonds. The minimum Gasteiger partial charge on any atom is -0.304 e. The van der Waals surface area contributed by atoms with Crippen LogP contribution in [0, 0.1) is 6.07 Å². The van der Waals surface area contributed by atoms with Gasteiger partial charge in [0, 0.05) is 55.5 Å². The topological polar surface area (TPSA) is 77.3 Å². The van der Waals surface area contributed by atoms with E-state index >= 15 is 0 Å². The van der Waals surface area contributed by atoms with E-state index in [9.17, 15) is 0 Å². The van der Waals surface area contributed by atoms with Crippen LogP contribution in [0.2, 0.25) is 0 Å². The van der Waals surface area contributed by atoms with E-state index in [1.807, 2.05) is 60.9 Å². The molecular weight excluding hydrogens is 661 g/mol. The molecule has 1 aromatic carbocycles. The van der Waals surface area contributed by atoms with Crippen molar-refractivity contribution in [1.82, 2.24) is 29.9 Å². The molecule has 0 aliphatic carbocycles. The molecule has 199 valence electrons. The van der Waals surface area contributed by atoms with Crippen molar-refractivity contribution in [3.8, 4) is 45.6 Å². The third-order valence-electron chi connectivity index (χ3n) is 6.38. The van der Waals surface area contributed by atoms with Gasteiger partial charge in [0.2, 0.25) is 0 Å². The normalized spacial score (nSPS) is 10.7. The Balaban J connectivity index is 0.00000353. The number of nitrogens with zero attached hydrogens (tertiary/aromatic N) is 6. The van der Waals surface area contributed by atoms with Crippen LogP contribution >= 0.6 is 0 Å². The van der Waals surface area contributed by atoms with E-state index < -0.39 is 0 Å². The maximum Gasteiger partial charge on any atom is 0.182 e. The molecule has 0 spiro atoms. The van der Waals surface area contributed by atoms with Crippen molar-refractivity contribution >= 4 is 0 Å². The number of hydrogen-bond acceptors (Lipinski definition) is 6. The number of hydrogen-bond donors (Lipinski definition) is 0. The molecule has 0 bridgehead atoms. The first-order valence-electron chi connectivity index (χ1n) is 13.3. The van der Waals surface area contributed by atoms with Crippen LogP contribution in [0.3, 0.4) is 0 Å². The Labute approximate surface area is 243 Å². The largest absolute Gasteiger partial charge is 0.304 e. The van der Waals surface area contributed by atoms with Crippen molar-refractivity contribution in [3.05, 3.63) is 96.6 Å². The predicted octanol–water partition coefficient (Wildman–Crippen LogP) is 7.21. The monoisotopic (exact) mass is 692 g/mol. The van der Waals surface area contributed by atoms with Gasteiger partial charge >= 0.3 is 0 Å². The van der Waals surface area contributed by atoms with E-state index in [4.69, 9.17) is 15.0 Å². The average molecular weight is 692 g/mol. The van der Waals surface area contributed by atoms with E-state index in [1.165, 1.54) is 5.56 Å². The molecule has 0 fully saturated rings. The van der Waals surface area contributed by atoms with Gasteiger partial charge in [0.15, 0.2) is 17.5 Å². The zero-order valence-corrected chi connectivity index (χ0v) is 24.7. The van der Waals surface area contributed by atoms with Gasteiger partial charge in [0.05, 0.1) is 0 Å². The molecule has 6 nitrogen and oxygen atoms in total. The summed E-state index contributed by atoms with van der Waals surface area (Å²) in [5, 5.41) is 0. The molecule has 4 aromatic heterocycles. The Morgan fingerprint density at radius 1 is 0.615 bits per heavy atom. The van der Waals surface area contributed by atoms with Crippen LogP contribution in [-0.2, 0) is 32.9 Å². The SMILES string of the molecule is CCCCc1ccc(-c2nc(-c3ccc(CCCC)nc3)nc(-c3ccc(-c4[c-]cccc4)nc3)n2)nc1.[Ir]. The van der Waals surface area contributed by atoms with Crippen LogP contribution < -0.4 is 0 Å². The summed E-state index contributed by atoms with van der Waals surface area (Å²) in [6, 6.07) is 23.2. The summed E-state index contributed by atoms with van der Waals surface area (Å²) in [5.41, 5.74) is 6.45. The number of pyridine rings is 3. The summed E-state index contributed by atoms with van der Waals surface area (Å²) >= 11 is 0. The van der Waals surface area contributed by atoms with E-state index in [0.29, 0.717) is 23.2 Å². The molecule has 5 aromatic rings. The molecule has 0 saturated heterocycles. The summed E-state index contributed by atoms with van der Waals surface area (Å²) in [4.78, 5) is 28.4. The van der Waals surface area contributed by atoms with Gasteiger partial charge in [-0.25, -0.2) is 15.0 Å². The second kappa shape index (κ2) is 13.9. The molecule has 0 aliphatic rings. The van der Waals surface area contributed by atoms with Gasteiger partial charge in [-0.1, -0.05) is 44.9 Å². The van der Waals surface area contributed by atoms with Gasteiger partial charge < -0.3 is 4.98 Å². The Kier molecular flexibility index (Phi) is 10.1. The molecule has 0 saturated carbocycles. The van der Waals surface area contributed by atoms with Crippen molar-refractivity contribution in [1.29, 1.82) is 0 Å². The first kappa shape index (κ1) is 28.3. The molecule has 1 radical (unpaired) electrons. The summed E-state index contributed by atoms with van der Waals surface area (Å²) in [5.74, 6) is 1.65. The van der Waals surface area contributed by atoms with Crippen molar-refractivity contribution in [2.75, 3.05) is 0 Å². The second-order valence-electron chi connectivity index (χ2n) is 9.31. The van der Waals surface area contributed by atoms with Crippen molar-refractivity contribution < 1.29 is 20.1 Å². The number of rotatable bonds is 10.